The summed E-state index contributed by atoms with van der Waals surface area (Å²) in [4.78, 5) is 13.1. The molecular formula is C23H30N2O4S. The molecule has 2 aromatic carbocycles. The first-order chi connectivity index (χ1) is 14.2. The Morgan fingerprint density at radius 1 is 1.13 bits per heavy atom. The number of amides is 1. The van der Waals surface area contributed by atoms with E-state index in [1.165, 1.54) is 4.31 Å². The van der Waals surface area contributed by atoms with Crippen molar-refractivity contribution >= 4 is 21.6 Å². The molecule has 1 N–H and O–H groups in total. The Morgan fingerprint density at radius 3 is 2.60 bits per heavy atom. The van der Waals surface area contributed by atoms with Gasteiger partial charge in [0, 0.05) is 18.8 Å². The van der Waals surface area contributed by atoms with Crippen LogP contribution in [-0.2, 0) is 19.6 Å². The summed E-state index contributed by atoms with van der Waals surface area (Å²) in [6.45, 7) is 8.06. The van der Waals surface area contributed by atoms with Crippen LogP contribution in [0.25, 0.3) is 0 Å². The lowest BCUT2D eigenvalue weighted by molar-refractivity contribution is -0.116. The van der Waals surface area contributed by atoms with E-state index >= 15 is 0 Å². The second-order valence-electron chi connectivity index (χ2n) is 8.00. The summed E-state index contributed by atoms with van der Waals surface area (Å²) < 4.78 is 33.9. The molecule has 0 aliphatic carbocycles. The van der Waals surface area contributed by atoms with Crippen LogP contribution in [-0.4, -0.2) is 44.4 Å². The maximum absolute atomic E-state index is 13.5. The van der Waals surface area contributed by atoms with E-state index in [-0.39, 0.29) is 30.0 Å². The number of carbonyl (C=O) groups excluding carboxylic acids is 1. The maximum atomic E-state index is 13.5. The highest BCUT2D eigenvalue weighted by Crippen LogP contribution is 2.24. The first-order valence-electron chi connectivity index (χ1n) is 10.2. The number of nitrogens with zero attached hydrogens (tertiary/aromatic N) is 1. The van der Waals surface area contributed by atoms with Crippen LogP contribution < -0.4 is 5.32 Å². The van der Waals surface area contributed by atoms with Crippen LogP contribution in [0.4, 0.5) is 5.69 Å². The van der Waals surface area contributed by atoms with E-state index in [9.17, 15) is 13.2 Å². The molecule has 0 aromatic heterocycles. The summed E-state index contributed by atoms with van der Waals surface area (Å²) in [5.74, 6) is -0.365. The van der Waals surface area contributed by atoms with Crippen LogP contribution in [0.15, 0.2) is 41.3 Å². The summed E-state index contributed by atoms with van der Waals surface area (Å²) in [5, 5.41) is 2.87. The van der Waals surface area contributed by atoms with Crippen molar-refractivity contribution in [3.63, 3.8) is 0 Å². The second kappa shape index (κ2) is 9.29. The highest BCUT2D eigenvalue weighted by Gasteiger charge is 2.32. The van der Waals surface area contributed by atoms with Crippen molar-refractivity contribution < 1.29 is 17.9 Å². The quantitative estimate of drug-likeness (QED) is 0.726. The molecule has 1 fully saturated rings. The lowest BCUT2D eigenvalue weighted by atomic mass is 10.1. The summed E-state index contributed by atoms with van der Waals surface area (Å²) in [6.07, 6.45) is 1.49. The van der Waals surface area contributed by atoms with Gasteiger partial charge in [-0.25, -0.2) is 8.42 Å². The highest BCUT2D eigenvalue weighted by molar-refractivity contribution is 7.89. The topological polar surface area (TPSA) is 75.7 Å². The third kappa shape index (κ3) is 5.09. The summed E-state index contributed by atoms with van der Waals surface area (Å²) in [7, 11) is -3.85. The molecule has 1 aliphatic heterocycles. The zero-order chi connectivity index (χ0) is 21.9. The Labute approximate surface area is 179 Å². The van der Waals surface area contributed by atoms with Gasteiger partial charge in [0.1, 0.15) is 0 Å². The number of hydrogen-bond donors (Lipinski definition) is 1. The molecule has 30 heavy (non-hydrogen) atoms. The van der Waals surface area contributed by atoms with Crippen LogP contribution in [0.5, 0.6) is 0 Å². The van der Waals surface area contributed by atoms with Gasteiger partial charge in [0.2, 0.25) is 15.9 Å². The van der Waals surface area contributed by atoms with E-state index < -0.39 is 10.0 Å². The number of benzene rings is 2. The van der Waals surface area contributed by atoms with Gasteiger partial charge in [-0.05, 0) is 74.9 Å². The average Bonchev–Trinajstić information content (AvgIpc) is 3.20. The van der Waals surface area contributed by atoms with Gasteiger partial charge in [0.25, 0.3) is 0 Å². The Morgan fingerprint density at radius 2 is 1.90 bits per heavy atom. The fourth-order valence-corrected chi connectivity index (χ4v) is 5.36. The Kier molecular flexibility index (Phi) is 6.95. The van der Waals surface area contributed by atoms with Crippen LogP contribution in [0.2, 0.25) is 0 Å². The molecule has 1 saturated heterocycles. The molecule has 162 valence electrons. The molecule has 2 aromatic rings. The van der Waals surface area contributed by atoms with E-state index in [0.717, 1.165) is 29.5 Å². The molecule has 1 unspecified atom stereocenters. The predicted molar refractivity (Wildman–Crippen MR) is 118 cm³/mol. The normalized spacial score (nSPS) is 16.8. The van der Waals surface area contributed by atoms with E-state index in [2.05, 4.69) is 5.32 Å². The molecule has 1 atom stereocenters. The number of sulfonamides is 1. The first kappa shape index (κ1) is 22.5. The number of anilines is 1. The van der Waals surface area contributed by atoms with Crippen LogP contribution in [0.1, 0.15) is 35.1 Å². The number of aryl methyl sites for hydroxylation is 3. The predicted octanol–water partition coefficient (Wildman–Crippen LogP) is 3.73. The van der Waals surface area contributed by atoms with Gasteiger partial charge in [-0.15, -0.1) is 0 Å². The van der Waals surface area contributed by atoms with Crippen LogP contribution in [0, 0.1) is 27.7 Å². The molecule has 1 amide bonds. The van der Waals surface area contributed by atoms with Gasteiger partial charge in [-0.2, -0.15) is 4.31 Å². The zero-order valence-electron chi connectivity index (χ0n) is 18.1. The summed E-state index contributed by atoms with van der Waals surface area (Å²) in [5.41, 5.74) is 4.24. The Balaban J connectivity index is 1.87. The van der Waals surface area contributed by atoms with Crippen molar-refractivity contribution in [1.82, 2.24) is 4.31 Å². The maximum Gasteiger partial charge on any atom is 0.243 e. The number of carbonyl (C=O) groups is 1. The monoisotopic (exact) mass is 430 g/mol. The molecule has 7 heteroatoms. The van der Waals surface area contributed by atoms with Crippen LogP contribution in [0.3, 0.4) is 0 Å². The molecule has 0 radical (unpaired) electrons. The van der Waals surface area contributed by atoms with Crippen molar-refractivity contribution in [3.05, 3.63) is 58.7 Å². The average molecular weight is 431 g/mol. The SMILES string of the molecule is Cc1ccc(C)c(S(=O)(=O)N(CC(=O)Nc2cccc(C)c2C)CC2CCCO2)c1. The third-order valence-electron chi connectivity index (χ3n) is 5.59. The standard InChI is InChI=1S/C23H30N2O4S/c1-16-10-11-18(3)22(13-16)30(27,28)25(14-20-8-6-12-29-20)15-23(26)24-21-9-5-7-17(2)19(21)4/h5,7,9-11,13,20H,6,8,12,14-15H2,1-4H3,(H,24,26). The van der Waals surface area contributed by atoms with Gasteiger partial charge in [-0.3, -0.25) is 4.79 Å². The van der Waals surface area contributed by atoms with E-state index in [1.54, 1.807) is 19.1 Å². The summed E-state index contributed by atoms with van der Waals surface area (Å²) >= 11 is 0. The number of rotatable bonds is 7. The molecule has 3 rings (SSSR count). The molecular weight excluding hydrogens is 400 g/mol. The Hall–Kier alpha value is -2.22. The minimum absolute atomic E-state index is 0.163. The smallest absolute Gasteiger partial charge is 0.243 e. The zero-order valence-corrected chi connectivity index (χ0v) is 18.9. The number of ether oxygens (including phenoxy) is 1. The lowest BCUT2D eigenvalue weighted by Crippen LogP contribution is -2.42. The molecule has 6 nitrogen and oxygen atoms in total. The van der Waals surface area contributed by atoms with Crippen LogP contribution >= 0.6 is 0 Å². The summed E-state index contributed by atoms with van der Waals surface area (Å²) in [6, 6.07) is 11.0. The minimum Gasteiger partial charge on any atom is -0.377 e. The van der Waals surface area contributed by atoms with Crippen molar-refractivity contribution in [2.24, 2.45) is 0 Å². The third-order valence-corrected chi connectivity index (χ3v) is 7.55. The first-order valence-corrected chi connectivity index (χ1v) is 11.7. The van der Waals surface area contributed by atoms with Gasteiger partial charge in [0.15, 0.2) is 0 Å². The Bertz CT molecular complexity index is 1030. The second-order valence-corrected chi connectivity index (χ2v) is 9.90. The van der Waals surface area contributed by atoms with E-state index in [4.69, 9.17) is 4.74 Å². The van der Waals surface area contributed by atoms with Crippen molar-refractivity contribution in [2.45, 2.75) is 51.5 Å². The minimum atomic E-state index is -3.85. The van der Waals surface area contributed by atoms with Gasteiger partial charge in [-0.1, -0.05) is 24.3 Å². The number of nitrogens with one attached hydrogen (secondary N) is 1. The number of hydrogen-bond acceptors (Lipinski definition) is 4. The fourth-order valence-electron chi connectivity index (χ4n) is 3.62. The molecule has 1 heterocycles. The largest absolute Gasteiger partial charge is 0.377 e. The highest BCUT2D eigenvalue weighted by atomic mass is 32.2. The van der Waals surface area contributed by atoms with E-state index in [1.807, 2.05) is 45.0 Å². The van der Waals surface area contributed by atoms with Gasteiger partial charge >= 0.3 is 0 Å². The van der Waals surface area contributed by atoms with E-state index in [0.29, 0.717) is 17.9 Å². The molecule has 0 bridgehead atoms. The molecule has 0 saturated carbocycles. The van der Waals surface area contributed by atoms with Crippen molar-refractivity contribution in [2.75, 3.05) is 25.0 Å². The van der Waals surface area contributed by atoms with Crippen molar-refractivity contribution in [1.29, 1.82) is 0 Å². The van der Waals surface area contributed by atoms with Gasteiger partial charge < -0.3 is 10.1 Å². The molecule has 0 spiro atoms. The fraction of sp³-hybridized carbons (Fsp3) is 0.435. The molecule has 1 aliphatic rings. The van der Waals surface area contributed by atoms with Crippen molar-refractivity contribution in [3.8, 4) is 0 Å². The lowest BCUT2D eigenvalue weighted by Gasteiger charge is -2.25. The van der Waals surface area contributed by atoms with Gasteiger partial charge in [0.05, 0.1) is 17.5 Å².